The number of nitrogens with one attached hydrogen (secondary N) is 2. The fraction of sp³-hybridized carbons (Fsp3) is 0.185. The van der Waals surface area contributed by atoms with Gasteiger partial charge in [0, 0.05) is 20.7 Å². The summed E-state index contributed by atoms with van der Waals surface area (Å²) in [6.45, 7) is 2.62. The Bertz CT molecular complexity index is 1340. The number of hydrogen-bond donors (Lipinski definition) is 2. The van der Waals surface area contributed by atoms with Crippen LogP contribution in [0.3, 0.4) is 0 Å². The smallest absolute Gasteiger partial charge is 0.269 e. The highest BCUT2D eigenvalue weighted by molar-refractivity contribution is 9.10. The van der Waals surface area contributed by atoms with Crippen LogP contribution in [0.5, 0.6) is 5.75 Å². The molecule has 0 radical (unpaired) electrons. The molecule has 0 saturated carbocycles. The number of benzene rings is 3. The van der Waals surface area contributed by atoms with E-state index in [0.717, 1.165) is 10.9 Å². The van der Waals surface area contributed by atoms with Crippen molar-refractivity contribution in [2.75, 3.05) is 16.8 Å². The van der Waals surface area contributed by atoms with Crippen LogP contribution in [0.1, 0.15) is 30.1 Å². The molecule has 1 aliphatic heterocycles. The third-order valence-electron chi connectivity index (χ3n) is 5.62. The van der Waals surface area contributed by atoms with Crippen LogP contribution in [-0.2, 0) is 9.59 Å². The van der Waals surface area contributed by atoms with E-state index in [1.807, 2.05) is 6.92 Å². The van der Waals surface area contributed by atoms with Crippen molar-refractivity contribution >= 4 is 74.0 Å². The Kier molecular flexibility index (Phi) is 8.98. The largest absolute Gasteiger partial charge is 0.494 e. The Morgan fingerprint density at radius 3 is 2.32 bits per heavy atom. The lowest BCUT2D eigenvalue weighted by Gasteiger charge is -2.24. The van der Waals surface area contributed by atoms with Crippen molar-refractivity contribution in [3.8, 4) is 5.75 Å². The first kappa shape index (κ1) is 27.6. The molecule has 2 N–H and O–H groups in total. The predicted molar refractivity (Wildman–Crippen MR) is 154 cm³/mol. The zero-order valence-corrected chi connectivity index (χ0v) is 23.5. The van der Waals surface area contributed by atoms with Crippen LogP contribution in [0.15, 0.2) is 77.3 Å². The highest BCUT2D eigenvalue weighted by Gasteiger charge is 2.45. The predicted octanol–water partition coefficient (Wildman–Crippen LogP) is 5.57. The fourth-order valence-corrected chi connectivity index (χ4v) is 4.50. The average Bonchev–Trinajstić information content (AvgIpc) is 3.13. The standard InChI is InChI=1S/C27H24BrClN4O4S/c1-2-15-37-22-13-9-20(10-14-22)30-24(34)16-23-26(36)32(21-11-7-19(29)8-12-21)27(38)33(23)31-25(35)17-3-5-18(28)6-4-17/h3-14,23H,2,15-16H2,1H3,(H,30,34)(H,31,35). The monoisotopic (exact) mass is 614 g/mol. The molecule has 3 amide bonds. The number of amides is 3. The maximum atomic E-state index is 13.5. The van der Waals surface area contributed by atoms with E-state index in [4.69, 9.17) is 28.6 Å². The second-order valence-electron chi connectivity index (χ2n) is 8.39. The quantitative estimate of drug-likeness (QED) is 0.306. The summed E-state index contributed by atoms with van der Waals surface area (Å²) < 4.78 is 6.38. The van der Waals surface area contributed by atoms with Crippen molar-refractivity contribution in [1.29, 1.82) is 0 Å². The second kappa shape index (κ2) is 12.4. The van der Waals surface area contributed by atoms with E-state index in [1.54, 1.807) is 72.8 Å². The molecule has 38 heavy (non-hydrogen) atoms. The average molecular weight is 616 g/mol. The number of ether oxygens (including phenoxy) is 1. The highest BCUT2D eigenvalue weighted by Crippen LogP contribution is 2.28. The van der Waals surface area contributed by atoms with Crippen molar-refractivity contribution in [3.63, 3.8) is 0 Å². The van der Waals surface area contributed by atoms with Gasteiger partial charge in [0.25, 0.3) is 11.8 Å². The summed E-state index contributed by atoms with van der Waals surface area (Å²) in [4.78, 5) is 40.8. The minimum Gasteiger partial charge on any atom is -0.494 e. The number of carbonyl (C=O) groups excluding carboxylic acids is 3. The van der Waals surface area contributed by atoms with E-state index in [2.05, 4.69) is 26.7 Å². The van der Waals surface area contributed by atoms with Crippen molar-refractivity contribution in [2.24, 2.45) is 0 Å². The molecule has 0 aromatic heterocycles. The Hall–Kier alpha value is -3.47. The van der Waals surface area contributed by atoms with Crippen LogP contribution < -0.4 is 20.4 Å². The van der Waals surface area contributed by atoms with Gasteiger partial charge in [0.2, 0.25) is 11.0 Å². The maximum absolute atomic E-state index is 13.5. The van der Waals surface area contributed by atoms with Crippen LogP contribution >= 0.6 is 39.7 Å². The van der Waals surface area contributed by atoms with Gasteiger partial charge in [0.05, 0.1) is 18.7 Å². The number of rotatable bonds is 9. The summed E-state index contributed by atoms with van der Waals surface area (Å²) >= 11 is 14.9. The lowest BCUT2D eigenvalue weighted by Crippen LogP contribution is -2.49. The van der Waals surface area contributed by atoms with Crippen molar-refractivity contribution < 1.29 is 19.1 Å². The van der Waals surface area contributed by atoms with Crippen LogP contribution in [0.4, 0.5) is 11.4 Å². The molecule has 1 heterocycles. The minimum absolute atomic E-state index is 0.0398. The summed E-state index contributed by atoms with van der Waals surface area (Å²) in [6, 6.07) is 19.2. The van der Waals surface area contributed by atoms with Crippen molar-refractivity contribution in [3.05, 3.63) is 87.9 Å². The third-order valence-corrected chi connectivity index (χ3v) is 6.78. The number of thiocarbonyl (C=S) groups is 1. The number of hydrogen-bond acceptors (Lipinski definition) is 5. The van der Waals surface area contributed by atoms with Crippen LogP contribution in [0, 0.1) is 0 Å². The van der Waals surface area contributed by atoms with Gasteiger partial charge in [-0.15, -0.1) is 0 Å². The Balaban J connectivity index is 1.54. The first-order valence-electron chi connectivity index (χ1n) is 11.8. The van der Waals surface area contributed by atoms with Crippen LogP contribution in [0.2, 0.25) is 5.02 Å². The van der Waals surface area contributed by atoms with E-state index < -0.39 is 23.8 Å². The summed E-state index contributed by atoms with van der Waals surface area (Å²) in [5.74, 6) is -0.651. The van der Waals surface area contributed by atoms with Crippen molar-refractivity contribution in [1.82, 2.24) is 10.4 Å². The zero-order valence-electron chi connectivity index (χ0n) is 20.3. The normalized spacial score (nSPS) is 15.0. The molecule has 1 unspecified atom stereocenters. The lowest BCUT2D eigenvalue weighted by atomic mass is 10.1. The van der Waals surface area contributed by atoms with E-state index in [1.165, 1.54) is 9.91 Å². The number of carbonyl (C=O) groups is 3. The molecule has 1 saturated heterocycles. The zero-order chi connectivity index (χ0) is 27.2. The molecule has 196 valence electrons. The first-order valence-corrected chi connectivity index (χ1v) is 13.4. The van der Waals surface area contributed by atoms with Gasteiger partial charge in [-0.05, 0) is 91.4 Å². The van der Waals surface area contributed by atoms with Gasteiger partial charge >= 0.3 is 0 Å². The molecular weight excluding hydrogens is 592 g/mol. The first-order chi connectivity index (χ1) is 18.3. The van der Waals surface area contributed by atoms with E-state index in [-0.39, 0.29) is 11.5 Å². The van der Waals surface area contributed by atoms with Gasteiger partial charge in [0.15, 0.2) is 0 Å². The topological polar surface area (TPSA) is 91.0 Å². The SMILES string of the molecule is CCCOc1ccc(NC(=O)CC2C(=O)N(c3ccc(Cl)cc3)C(=S)N2NC(=O)c2ccc(Br)cc2)cc1. The molecule has 8 nitrogen and oxygen atoms in total. The summed E-state index contributed by atoms with van der Waals surface area (Å²) in [6.07, 6.45) is 0.634. The number of anilines is 2. The van der Waals surface area contributed by atoms with Gasteiger partial charge in [0.1, 0.15) is 11.8 Å². The molecular formula is C27H24BrClN4O4S. The van der Waals surface area contributed by atoms with Crippen LogP contribution in [-0.4, -0.2) is 40.5 Å². The van der Waals surface area contributed by atoms with Gasteiger partial charge in [-0.2, -0.15) is 0 Å². The Morgan fingerprint density at radius 1 is 1.03 bits per heavy atom. The Labute approximate surface area is 239 Å². The lowest BCUT2D eigenvalue weighted by molar-refractivity contribution is -0.124. The molecule has 1 atom stereocenters. The molecule has 3 aromatic carbocycles. The highest BCUT2D eigenvalue weighted by atomic mass is 79.9. The van der Waals surface area contributed by atoms with Gasteiger partial charge in [-0.3, -0.25) is 24.7 Å². The molecule has 4 rings (SSSR count). The summed E-state index contributed by atoms with van der Waals surface area (Å²) in [5.41, 5.74) is 4.09. The number of hydrazine groups is 1. The molecule has 0 aliphatic carbocycles. The van der Waals surface area contributed by atoms with Gasteiger partial charge < -0.3 is 10.1 Å². The molecule has 0 bridgehead atoms. The third kappa shape index (κ3) is 6.50. The van der Waals surface area contributed by atoms with E-state index in [9.17, 15) is 14.4 Å². The minimum atomic E-state index is -1.07. The van der Waals surface area contributed by atoms with Crippen LogP contribution in [0.25, 0.3) is 0 Å². The molecule has 1 fully saturated rings. The number of halogens is 2. The maximum Gasteiger partial charge on any atom is 0.269 e. The van der Waals surface area contributed by atoms with Gasteiger partial charge in [-0.1, -0.05) is 34.5 Å². The fourth-order valence-electron chi connectivity index (χ4n) is 3.74. The summed E-state index contributed by atoms with van der Waals surface area (Å²) in [5, 5.41) is 4.59. The molecule has 1 aliphatic rings. The van der Waals surface area contributed by atoms with Gasteiger partial charge in [-0.25, -0.2) is 5.01 Å². The number of nitrogens with zero attached hydrogens (tertiary/aromatic N) is 2. The second-order valence-corrected chi connectivity index (χ2v) is 10.1. The molecule has 11 heteroatoms. The molecule has 0 spiro atoms. The Morgan fingerprint density at radius 2 is 1.68 bits per heavy atom. The summed E-state index contributed by atoms with van der Waals surface area (Å²) in [7, 11) is 0. The molecule has 3 aromatic rings. The van der Waals surface area contributed by atoms with E-state index in [0.29, 0.717) is 34.3 Å². The van der Waals surface area contributed by atoms with E-state index >= 15 is 0 Å². The van der Waals surface area contributed by atoms with Crippen molar-refractivity contribution in [2.45, 2.75) is 25.8 Å².